The van der Waals surface area contributed by atoms with Crippen LogP contribution in [0.5, 0.6) is 0 Å². The van der Waals surface area contributed by atoms with E-state index in [-0.39, 0.29) is 23.9 Å². The molecular formula is C15H28N2O4. The molecule has 2 amide bonds. The molecule has 6 nitrogen and oxygen atoms in total. The van der Waals surface area contributed by atoms with Gasteiger partial charge in [-0.3, -0.25) is 4.79 Å². The van der Waals surface area contributed by atoms with Crippen LogP contribution in [0.25, 0.3) is 0 Å². The minimum Gasteiger partial charge on any atom is -0.481 e. The molecule has 122 valence electrons. The van der Waals surface area contributed by atoms with Crippen LogP contribution < -0.4 is 5.32 Å². The third-order valence-electron chi connectivity index (χ3n) is 4.15. The quantitative estimate of drug-likeness (QED) is 0.754. The molecule has 0 atom stereocenters. The van der Waals surface area contributed by atoms with Crippen molar-refractivity contribution >= 4 is 12.0 Å². The van der Waals surface area contributed by atoms with Crippen LogP contribution in [0, 0.1) is 5.41 Å². The van der Waals surface area contributed by atoms with Crippen molar-refractivity contribution in [2.75, 3.05) is 26.8 Å². The maximum atomic E-state index is 12.1. The summed E-state index contributed by atoms with van der Waals surface area (Å²) in [6.45, 7) is 6.06. The Hall–Kier alpha value is -1.30. The molecule has 0 bridgehead atoms. The molecule has 0 radical (unpaired) electrons. The van der Waals surface area contributed by atoms with E-state index in [9.17, 15) is 9.59 Å². The molecule has 1 aliphatic heterocycles. The van der Waals surface area contributed by atoms with Gasteiger partial charge in [-0.05, 0) is 31.1 Å². The van der Waals surface area contributed by atoms with Crippen molar-refractivity contribution in [1.29, 1.82) is 0 Å². The number of nitrogens with zero attached hydrogens (tertiary/aromatic N) is 1. The van der Waals surface area contributed by atoms with E-state index >= 15 is 0 Å². The van der Waals surface area contributed by atoms with Gasteiger partial charge in [-0.1, -0.05) is 13.8 Å². The van der Waals surface area contributed by atoms with Crippen molar-refractivity contribution in [1.82, 2.24) is 10.2 Å². The monoisotopic (exact) mass is 300 g/mol. The number of amides is 2. The number of carboxylic acids is 1. The van der Waals surface area contributed by atoms with Crippen molar-refractivity contribution in [2.24, 2.45) is 5.41 Å². The first-order valence-corrected chi connectivity index (χ1v) is 7.62. The van der Waals surface area contributed by atoms with Crippen molar-refractivity contribution in [3.8, 4) is 0 Å². The second-order valence-corrected chi connectivity index (χ2v) is 6.49. The summed E-state index contributed by atoms with van der Waals surface area (Å²) >= 11 is 0. The fourth-order valence-corrected chi connectivity index (χ4v) is 2.44. The van der Waals surface area contributed by atoms with Gasteiger partial charge in [0.15, 0.2) is 0 Å². The zero-order valence-electron chi connectivity index (χ0n) is 13.4. The molecule has 0 spiro atoms. The number of rotatable bonds is 7. The van der Waals surface area contributed by atoms with Gasteiger partial charge in [-0.2, -0.15) is 0 Å². The Labute approximate surface area is 126 Å². The Balaban J connectivity index is 2.27. The maximum Gasteiger partial charge on any atom is 0.317 e. The molecular weight excluding hydrogens is 272 g/mol. The zero-order chi connectivity index (χ0) is 15.9. The van der Waals surface area contributed by atoms with Crippen LogP contribution in [-0.4, -0.2) is 54.9 Å². The Morgan fingerprint density at radius 1 is 1.29 bits per heavy atom. The molecule has 0 aromatic carbocycles. The number of carbonyl (C=O) groups excluding carboxylic acids is 1. The second-order valence-electron chi connectivity index (χ2n) is 6.49. The smallest absolute Gasteiger partial charge is 0.317 e. The number of nitrogens with one attached hydrogen (secondary N) is 1. The standard InChI is InChI=1S/C15H28N2O4/c1-15(2,7-4-13(18)19)8-9-16-14(20)17(3)12-5-10-21-11-6-12/h12H,4-11H2,1-3H3,(H,16,20)(H,18,19). The molecule has 2 N–H and O–H groups in total. The van der Waals surface area contributed by atoms with Crippen LogP contribution in [0.15, 0.2) is 0 Å². The van der Waals surface area contributed by atoms with Gasteiger partial charge in [0.1, 0.15) is 0 Å². The average Bonchev–Trinajstić information content (AvgIpc) is 2.45. The van der Waals surface area contributed by atoms with Crippen molar-refractivity contribution in [3.63, 3.8) is 0 Å². The number of ether oxygens (including phenoxy) is 1. The highest BCUT2D eigenvalue weighted by atomic mass is 16.5. The van der Waals surface area contributed by atoms with E-state index in [1.54, 1.807) is 4.90 Å². The van der Waals surface area contributed by atoms with Gasteiger partial charge in [0.2, 0.25) is 0 Å². The number of carboxylic acid groups (broad SMARTS) is 1. The molecule has 1 heterocycles. The molecule has 1 saturated heterocycles. The first kappa shape index (κ1) is 17.8. The molecule has 1 fully saturated rings. The van der Waals surface area contributed by atoms with E-state index in [2.05, 4.69) is 5.32 Å². The average molecular weight is 300 g/mol. The second kappa shape index (κ2) is 8.22. The third kappa shape index (κ3) is 6.80. The molecule has 0 aliphatic carbocycles. The van der Waals surface area contributed by atoms with E-state index in [0.29, 0.717) is 26.2 Å². The van der Waals surface area contributed by atoms with Crippen molar-refractivity contribution in [3.05, 3.63) is 0 Å². The normalized spacial score (nSPS) is 16.5. The summed E-state index contributed by atoms with van der Waals surface area (Å²) < 4.78 is 5.30. The largest absolute Gasteiger partial charge is 0.481 e. The summed E-state index contributed by atoms with van der Waals surface area (Å²) in [6, 6.07) is 0.190. The lowest BCUT2D eigenvalue weighted by molar-refractivity contribution is -0.137. The number of carbonyl (C=O) groups is 2. The zero-order valence-corrected chi connectivity index (χ0v) is 13.4. The van der Waals surface area contributed by atoms with E-state index < -0.39 is 5.97 Å². The Kier molecular flexibility index (Phi) is 6.95. The topological polar surface area (TPSA) is 78.9 Å². The summed E-state index contributed by atoms with van der Waals surface area (Å²) in [6.07, 6.45) is 3.33. The van der Waals surface area contributed by atoms with Gasteiger partial charge >= 0.3 is 12.0 Å². The predicted molar refractivity (Wildman–Crippen MR) is 80.3 cm³/mol. The van der Waals surface area contributed by atoms with Crippen LogP contribution in [-0.2, 0) is 9.53 Å². The molecule has 21 heavy (non-hydrogen) atoms. The Morgan fingerprint density at radius 2 is 1.90 bits per heavy atom. The Bertz CT molecular complexity index is 352. The fraction of sp³-hybridized carbons (Fsp3) is 0.867. The van der Waals surface area contributed by atoms with E-state index in [1.807, 2.05) is 20.9 Å². The lowest BCUT2D eigenvalue weighted by Crippen LogP contribution is -2.46. The van der Waals surface area contributed by atoms with Gasteiger partial charge in [0.25, 0.3) is 0 Å². The number of hydrogen-bond acceptors (Lipinski definition) is 3. The molecule has 0 saturated carbocycles. The van der Waals surface area contributed by atoms with Crippen LogP contribution in [0.1, 0.15) is 46.0 Å². The van der Waals surface area contributed by atoms with Crippen LogP contribution in [0.2, 0.25) is 0 Å². The molecule has 0 aromatic heterocycles. The minimum atomic E-state index is -0.772. The molecule has 0 aromatic rings. The number of urea groups is 1. The van der Waals surface area contributed by atoms with Gasteiger partial charge in [-0.15, -0.1) is 0 Å². The first-order valence-electron chi connectivity index (χ1n) is 7.62. The van der Waals surface area contributed by atoms with Crippen LogP contribution >= 0.6 is 0 Å². The molecule has 6 heteroatoms. The lowest BCUT2D eigenvalue weighted by atomic mass is 9.84. The van der Waals surface area contributed by atoms with E-state index in [1.165, 1.54) is 0 Å². The molecule has 1 rings (SSSR count). The minimum absolute atomic E-state index is 0.0593. The predicted octanol–water partition coefficient (Wildman–Crippen LogP) is 2.09. The highest BCUT2D eigenvalue weighted by molar-refractivity contribution is 5.74. The third-order valence-corrected chi connectivity index (χ3v) is 4.15. The summed E-state index contributed by atoms with van der Waals surface area (Å²) in [7, 11) is 1.82. The van der Waals surface area contributed by atoms with Crippen LogP contribution in [0.4, 0.5) is 4.79 Å². The fourth-order valence-electron chi connectivity index (χ4n) is 2.44. The number of aliphatic carboxylic acids is 1. The van der Waals surface area contributed by atoms with Crippen molar-refractivity contribution < 1.29 is 19.4 Å². The first-order chi connectivity index (χ1) is 9.82. The van der Waals surface area contributed by atoms with Crippen molar-refractivity contribution in [2.45, 2.75) is 52.0 Å². The van der Waals surface area contributed by atoms with Gasteiger partial charge in [0.05, 0.1) is 0 Å². The highest BCUT2D eigenvalue weighted by Gasteiger charge is 2.23. The van der Waals surface area contributed by atoms with Gasteiger partial charge in [-0.25, -0.2) is 4.79 Å². The summed E-state index contributed by atoms with van der Waals surface area (Å²) in [5, 5.41) is 11.6. The Morgan fingerprint density at radius 3 is 2.48 bits per heavy atom. The molecule has 0 unspecified atom stereocenters. The summed E-state index contributed by atoms with van der Waals surface area (Å²) in [5.74, 6) is -0.772. The van der Waals surface area contributed by atoms with Gasteiger partial charge < -0.3 is 20.1 Å². The van der Waals surface area contributed by atoms with E-state index in [0.717, 1.165) is 19.3 Å². The lowest BCUT2D eigenvalue weighted by Gasteiger charge is -2.31. The van der Waals surface area contributed by atoms with Crippen LogP contribution in [0.3, 0.4) is 0 Å². The highest BCUT2D eigenvalue weighted by Crippen LogP contribution is 2.26. The SMILES string of the molecule is CN(C(=O)NCCC(C)(C)CCC(=O)O)C1CCOCC1. The van der Waals surface area contributed by atoms with Gasteiger partial charge in [0, 0.05) is 39.3 Å². The summed E-state index contributed by atoms with van der Waals surface area (Å²) in [5.41, 5.74) is -0.0804. The number of hydrogen-bond donors (Lipinski definition) is 2. The summed E-state index contributed by atoms with van der Waals surface area (Å²) in [4.78, 5) is 24.4. The molecule has 1 aliphatic rings. The van der Waals surface area contributed by atoms with E-state index in [4.69, 9.17) is 9.84 Å². The maximum absolute atomic E-state index is 12.1.